The molecular weight excluding hydrogens is 228 g/mol. The zero-order valence-electron chi connectivity index (χ0n) is 10.3. The van der Waals surface area contributed by atoms with Crippen molar-refractivity contribution >= 4 is 10.9 Å². The molecule has 5 heteroatoms. The van der Waals surface area contributed by atoms with E-state index in [2.05, 4.69) is 15.4 Å². The number of benzene rings is 1. The third-order valence-corrected chi connectivity index (χ3v) is 2.96. The Labute approximate surface area is 104 Å². The van der Waals surface area contributed by atoms with Crippen molar-refractivity contribution in [3.05, 3.63) is 36.4 Å². The van der Waals surface area contributed by atoms with Crippen LogP contribution in [-0.2, 0) is 13.6 Å². The normalized spacial score (nSPS) is 11.2. The molecule has 0 bridgehead atoms. The van der Waals surface area contributed by atoms with Crippen molar-refractivity contribution < 1.29 is 4.42 Å². The molecule has 3 aromatic rings. The van der Waals surface area contributed by atoms with Crippen molar-refractivity contribution in [3.8, 4) is 11.5 Å². The Morgan fingerprint density at radius 2 is 2.17 bits per heavy atom. The van der Waals surface area contributed by atoms with Gasteiger partial charge in [0.1, 0.15) is 11.4 Å². The quantitative estimate of drug-likeness (QED) is 0.762. The average molecular weight is 242 g/mol. The van der Waals surface area contributed by atoms with E-state index in [0.717, 1.165) is 28.1 Å². The van der Waals surface area contributed by atoms with Crippen molar-refractivity contribution in [1.29, 1.82) is 0 Å². The molecule has 5 nitrogen and oxygen atoms in total. The van der Waals surface area contributed by atoms with Crippen LogP contribution in [0.15, 0.2) is 35.1 Å². The van der Waals surface area contributed by atoms with Crippen LogP contribution in [0, 0.1) is 0 Å². The number of fused-ring (bicyclic) bond motifs is 1. The maximum atomic E-state index is 5.50. The number of nitrogens with one attached hydrogen (secondary N) is 1. The first kappa shape index (κ1) is 11.0. The highest BCUT2D eigenvalue weighted by Crippen LogP contribution is 2.29. The van der Waals surface area contributed by atoms with Gasteiger partial charge in [0, 0.05) is 19.0 Å². The van der Waals surface area contributed by atoms with Crippen molar-refractivity contribution in [3.63, 3.8) is 0 Å². The second-order valence-electron chi connectivity index (χ2n) is 4.15. The van der Waals surface area contributed by atoms with Crippen LogP contribution in [0.4, 0.5) is 0 Å². The minimum absolute atomic E-state index is 0.663. The van der Waals surface area contributed by atoms with Crippen molar-refractivity contribution in [2.24, 2.45) is 7.05 Å². The Kier molecular flexibility index (Phi) is 2.60. The summed E-state index contributed by atoms with van der Waals surface area (Å²) in [5, 5.41) is 8.69. The van der Waals surface area contributed by atoms with E-state index in [1.54, 1.807) is 0 Å². The molecule has 2 aromatic heterocycles. The van der Waals surface area contributed by atoms with Crippen LogP contribution in [0.5, 0.6) is 0 Å². The predicted molar refractivity (Wildman–Crippen MR) is 69.0 cm³/mol. The van der Waals surface area contributed by atoms with Gasteiger partial charge < -0.3 is 9.73 Å². The number of aryl methyl sites for hydroxylation is 1. The largest absolute Gasteiger partial charge is 0.441 e. The molecule has 18 heavy (non-hydrogen) atoms. The smallest absolute Gasteiger partial charge is 0.181 e. The van der Waals surface area contributed by atoms with Crippen LogP contribution in [0.1, 0.15) is 5.69 Å². The number of hydrogen-bond acceptors (Lipinski definition) is 4. The highest BCUT2D eigenvalue weighted by atomic mass is 16.3. The first-order valence-corrected chi connectivity index (χ1v) is 5.80. The lowest BCUT2D eigenvalue weighted by molar-refractivity contribution is 0.567. The van der Waals surface area contributed by atoms with Crippen LogP contribution in [0.25, 0.3) is 22.4 Å². The molecule has 0 unspecified atom stereocenters. The Morgan fingerprint density at radius 3 is 3.00 bits per heavy atom. The van der Waals surface area contributed by atoms with Crippen LogP contribution in [0.2, 0.25) is 0 Å². The number of para-hydroxylation sites is 1. The highest BCUT2D eigenvalue weighted by Gasteiger charge is 2.17. The van der Waals surface area contributed by atoms with Gasteiger partial charge in [-0.05, 0) is 13.1 Å². The summed E-state index contributed by atoms with van der Waals surface area (Å²) in [7, 11) is 3.81. The first-order valence-electron chi connectivity index (χ1n) is 5.80. The van der Waals surface area contributed by atoms with Gasteiger partial charge in [0.15, 0.2) is 12.2 Å². The van der Waals surface area contributed by atoms with E-state index in [9.17, 15) is 0 Å². The molecule has 0 saturated heterocycles. The molecule has 0 spiro atoms. The minimum Gasteiger partial charge on any atom is -0.441 e. The maximum Gasteiger partial charge on any atom is 0.181 e. The number of nitrogens with zero attached hydrogens (tertiary/aromatic N) is 3. The zero-order valence-corrected chi connectivity index (χ0v) is 10.3. The van der Waals surface area contributed by atoms with Crippen molar-refractivity contribution in [2.75, 3.05) is 7.05 Å². The van der Waals surface area contributed by atoms with Gasteiger partial charge in [-0.3, -0.25) is 4.68 Å². The van der Waals surface area contributed by atoms with Gasteiger partial charge in [-0.2, -0.15) is 5.10 Å². The highest BCUT2D eigenvalue weighted by molar-refractivity contribution is 5.92. The summed E-state index contributed by atoms with van der Waals surface area (Å²) in [4.78, 5) is 4.22. The molecule has 2 heterocycles. The summed E-state index contributed by atoms with van der Waals surface area (Å²) in [5.41, 5.74) is 2.80. The van der Waals surface area contributed by atoms with E-state index in [-0.39, 0.29) is 0 Å². The molecule has 0 radical (unpaired) electrons. The van der Waals surface area contributed by atoms with Crippen molar-refractivity contribution in [1.82, 2.24) is 20.1 Å². The molecule has 0 fully saturated rings. The lowest BCUT2D eigenvalue weighted by Gasteiger charge is -1.97. The number of oxazole rings is 1. The molecular formula is C13H14N4O. The summed E-state index contributed by atoms with van der Waals surface area (Å²) in [6.45, 7) is 0.663. The summed E-state index contributed by atoms with van der Waals surface area (Å²) in [5.74, 6) is 0.737. The fourth-order valence-electron chi connectivity index (χ4n) is 2.14. The maximum absolute atomic E-state index is 5.50. The first-order chi connectivity index (χ1) is 8.81. The van der Waals surface area contributed by atoms with Gasteiger partial charge in [-0.25, -0.2) is 4.98 Å². The van der Waals surface area contributed by atoms with Crippen LogP contribution in [0.3, 0.4) is 0 Å². The van der Waals surface area contributed by atoms with Crippen LogP contribution in [-0.4, -0.2) is 21.8 Å². The van der Waals surface area contributed by atoms with Gasteiger partial charge in [0.2, 0.25) is 0 Å². The monoisotopic (exact) mass is 242 g/mol. The van der Waals surface area contributed by atoms with E-state index >= 15 is 0 Å². The number of aromatic nitrogens is 3. The zero-order chi connectivity index (χ0) is 12.5. The SMILES string of the molecule is CNCc1ncoc1-c1nn(C)c2ccccc12. The second kappa shape index (κ2) is 4.27. The summed E-state index contributed by atoms with van der Waals surface area (Å²) < 4.78 is 7.36. The molecule has 0 atom stereocenters. The number of rotatable bonds is 3. The molecule has 0 aliphatic heterocycles. The number of hydrogen-bond donors (Lipinski definition) is 1. The summed E-state index contributed by atoms with van der Waals surface area (Å²) in [6, 6.07) is 8.09. The lowest BCUT2D eigenvalue weighted by atomic mass is 10.1. The van der Waals surface area contributed by atoms with Gasteiger partial charge in [0.05, 0.1) is 5.52 Å². The Morgan fingerprint density at radius 1 is 1.33 bits per heavy atom. The Balaban J connectivity index is 2.22. The molecule has 0 saturated carbocycles. The molecule has 1 N–H and O–H groups in total. The van der Waals surface area contributed by atoms with Gasteiger partial charge >= 0.3 is 0 Å². The molecule has 3 rings (SSSR count). The van der Waals surface area contributed by atoms with Gasteiger partial charge in [0.25, 0.3) is 0 Å². The van der Waals surface area contributed by atoms with E-state index < -0.39 is 0 Å². The van der Waals surface area contributed by atoms with E-state index in [4.69, 9.17) is 4.42 Å². The van der Waals surface area contributed by atoms with E-state index in [0.29, 0.717) is 6.54 Å². The topological polar surface area (TPSA) is 55.9 Å². The Bertz CT molecular complexity index is 683. The fourth-order valence-corrected chi connectivity index (χ4v) is 2.14. The lowest BCUT2D eigenvalue weighted by Crippen LogP contribution is -2.06. The summed E-state index contributed by atoms with van der Waals surface area (Å²) >= 11 is 0. The minimum atomic E-state index is 0.663. The van der Waals surface area contributed by atoms with Gasteiger partial charge in [-0.15, -0.1) is 0 Å². The van der Waals surface area contributed by atoms with E-state index in [1.165, 1.54) is 6.39 Å². The van der Waals surface area contributed by atoms with Crippen LogP contribution < -0.4 is 5.32 Å². The van der Waals surface area contributed by atoms with Crippen molar-refractivity contribution in [2.45, 2.75) is 6.54 Å². The van der Waals surface area contributed by atoms with Crippen LogP contribution >= 0.6 is 0 Å². The van der Waals surface area contributed by atoms with E-state index in [1.807, 2.05) is 43.0 Å². The third kappa shape index (κ3) is 1.60. The van der Waals surface area contributed by atoms with Gasteiger partial charge in [-0.1, -0.05) is 18.2 Å². The Hall–Kier alpha value is -2.14. The molecule has 0 aliphatic carbocycles. The summed E-state index contributed by atoms with van der Waals surface area (Å²) in [6.07, 6.45) is 1.46. The molecule has 0 aliphatic rings. The second-order valence-corrected chi connectivity index (χ2v) is 4.15. The molecule has 0 amide bonds. The fraction of sp³-hybridized carbons (Fsp3) is 0.231. The molecule has 92 valence electrons. The predicted octanol–water partition coefficient (Wildman–Crippen LogP) is 1.95. The average Bonchev–Trinajstić information content (AvgIpc) is 2.96. The third-order valence-electron chi connectivity index (χ3n) is 2.96. The standard InChI is InChI=1S/C13H14N4O/c1-14-7-10-13(18-8-15-10)12-9-5-3-4-6-11(9)17(2)16-12/h3-6,8,14H,7H2,1-2H3. The molecule has 1 aromatic carbocycles.